The molecule has 1 amide bonds. The molecule has 0 spiro atoms. The summed E-state index contributed by atoms with van der Waals surface area (Å²) in [4.78, 5) is 11.8. The number of rotatable bonds is 11. The lowest BCUT2D eigenvalue weighted by Crippen LogP contribution is -2.33. The number of amides is 1. The maximum absolute atomic E-state index is 11.8. The average molecular weight is 253 g/mol. The van der Waals surface area contributed by atoms with Gasteiger partial charge in [-0.15, -0.1) is 6.58 Å². The van der Waals surface area contributed by atoms with E-state index in [0.29, 0.717) is 12.3 Å². The molecule has 106 valence electrons. The molecule has 0 bridgehead atoms. The molecular weight excluding hydrogens is 222 g/mol. The molecule has 18 heavy (non-hydrogen) atoms. The molecule has 0 fully saturated rings. The van der Waals surface area contributed by atoms with E-state index in [4.69, 9.17) is 0 Å². The van der Waals surface area contributed by atoms with Gasteiger partial charge in [-0.25, -0.2) is 0 Å². The van der Waals surface area contributed by atoms with Crippen LogP contribution >= 0.6 is 0 Å². The number of unbranched alkanes of at least 4 members (excludes halogenated alkanes) is 2. The highest BCUT2D eigenvalue weighted by atomic mass is 16.1. The van der Waals surface area contributed by atoms with Crippen molar-refractivity contribution in [3.8, 4) is 0 Å². The number of nitrogens with one attached hydrogen (secondary N) is 1. The van der Waals surface area contributed by atoms with Gasteiger partial charge in [0.15, 0.2) is 0 Å². The van der Waals surface area contributed by atoms with E-state index in [1.54, 1.807) is 0 Å². The van der Waals surface area contributed by atoms with Crippen LogP contribution in [-0.4, -0.2) is 11.9 Å². The molecule has 0 aliphatic rings. The molecule has 0 aliphatic carbocycles. The topological polar surface area (TPSA) is 29.1 Å². The molecule has 2 heteroatoms. The Hall–Kier alpha value is -0.790. The smallest absolute Gasteiger partial charge is 0.220 e. The van der Waals surface area contributed by atoms with Gasteiger partial charge in [0.25, 0.3) is 0 Å². The van der Waals surface area contributed by atoms with Crippen molar-refractivity contribution in [1.29, 1.82) is 0 Å². The lowest BCUT2D eigenvalue weighted by molar-refractivity contribution is -0.121. The van der Waals surface area contributed by atoms with E-state index in [1.165, 1.54) is 32.1 Å². The predicted octanol–water partition coefficient (Wildman–Crippen LogP) is 4.45. The standard InChI is InChI=1S/C16H31NO/c1-5-8-9-11-15(7-3)17-16(18)13-12-14(4)10-6-2/h7,14-15H,3,5-6,8-13H2,1-2,4H3,(H,17,18)/t14-,15+/m0/s1. The van der Waals surface area contributed by atoms with Crippen molar-refractivity contribution in [2.24, 2.45) is 5.92 Å². The number of carbonyl (C=O) groups excluding carboxylic acids is 1. The Balaban J connectivity index is 3.78. The second-order valence-electron chi connectivity index (χ2n) is 5.34. The highest BCUT2D eigenvalue weighted by molar-refractivity contribution is 5.76. The molecule has 0 aromatic heterocycles. The summed E-state index contributed by atoms with van der Waals surface area (Å²) in [5, 5.41) is 3.07. The lowest BCUT2D eigenvalue weighted by Gasteiger charge is -2.15. The summed E-state index contributed by atoms with van der Waals surface area (Å²) in [6, 6.07) is 0.158. The summed E-state index contributed by atoms with van der Waals surface area (Å²) in [7, 11) is 0. The summed E-state index contributed by atoms with van der Waals surface area (Å²) in [6.07, 6.45) is 10.6. The third kappa shape index (κ3) is 9.26. The largest absolute Gasteiger partial charge is 0.350 e. The fourth-order valence-corrected chi connectivity index (χ4v) is 2.16. The zero-order valence-electron chi connectivity index (χ0n) is 12.5. The first-order valence-electron chi connectivity index (χ1n) is 7.55. The van der Waals surface area contributed by atoms with Gasteiger partial charge in [0.05, 0.1) is 0 Å². The highest BCUT2D eigenvalue weighted by Gasteiger charge is 2.10. The van der Waals surface area contributed by atoms with Gasteiger partial charge >= 0.3 is 0 Å². The molecule has 0 radical (unpaired) electrons. The maximum atomic E-state index is 11.8. The molecule has 0 aliphatic heterocycles. The fourth-order valence-electron chi connectivity index (χ4n) is 2.16. The Morgan fingerprint density at radius 1 is 1.17 bits per heavy atom. The first-order valence-corrected chi connectivity index (χ1v) is 7.55. The second kappa shape index (κ2) is 11.3. The molecule has 0 saturated heterocycles. The van der Waals surface area contributed by atoms with Crippen LogP contribution < -0.4 is 5.32 Å². The Kier molecular flexibility index (Phi) is 10.8. The van der Waals surface area contributed by atoms with E-state index in [-0.39, 0.29) is 11.9 Å². The van der Waals surface area contributed by atoms with E-state index in [0.717, 1.165) is 12.8 Å². The first kappa shape index (κ1) is 17.2. The quantitative estimate of drug-likeness (QED) is 0.427. The number of carbonyl (C=O) groups is 1. The van der Waals surface area contributed by atoms with Crippen LogP contribution in [0, 0.1) is 5.92 Å². The van der Waals surface area contributed by atoms with Gasteiger partial charge in [0.1, 0.15) is 0 Å². The van der Waals surface area contributed by atoms with Crippen molar-refractivity contribution >= 4 is 5.91 Å². The normalized spacial score (nSPS) is 13.9. The minimum Gasteiger partial charge on any atom is -0.350 e. The van der Waals surface area contributed by atoms with Crippen molar-refractivity contribution in [1.82, 2.24) is 5.32 Å². The van der Waals surface area contributed by atoms with Crippen LogP contribution in [0.4, 0.5) is 0 Å². The Morgan fingerprint density at radius 3 is 2.44 bits per heavy atom. The van der Waals surface area contributed by atoms with E-state index in [2.05, 4.69) is 32.7 Å². The van der Waals surface area contributed by atoms with Gasteiger partial charge in [-0.05, 0) is 18.8 Å². The van der Waals surface area contributed by atoms with Crippen LogP contribution in [0.25, 0.3) is 0 Å². The molecule has 1 N–H and O–H groups in total. The van der Waals surface area contributed by atoms with Crippen molar-refractivity contribution in [3.05, 3.63) is 12.7 Å². The van der Waals surface area contributed by atoms with Gasteiger partial charge in [-0.3, -0.25) is 4.79 Å². The molecule has 0 heterocycles. The fraction of sp³-hybridized carbons (Fsp3) is 0.812. The summed E-state index contributed by atoms with van der Waals surface area (Å²) >= 11 is 0. The number of hydrogen-bond donors (Lipinski definition) is 1. The third-order valence-corrected chi connectivity index (χ3v) is 3.40. The van der Waals surface area contributed by atoms with Crippen LogP contribution in [0.5, 0.6) is 0 Å². The maximum Gasteiger partial charge on any atom is 0.220 e. The molecular formula is C16H31NO. The SMILES string of the molecule is C=C[C@H](CCCCC)NC(=O)CC[C@@H](C)CCC. The molecule has 2 nitrogen and oxygen atoms in total. The van der Waals surface area contributed by atoms with Crippen LogP contribution in [0.1, 0.15) is 72.1 Å². The molecule has 0 unspecified atom stereocenters. The molecule has 0 aromatic rings. The van der Waals surface area contributed by atoms with Gasteiger partial charge in [-0.2, -0.15) is 0 Å². The Morgan fingerprint density at radius 2 is 1.89 bits per heavy atom. The van der Waals surface area contributed by atoms with Crippen molar-refractivity contribution in [2.45, 2.75) is 78.2 Å². The predicted molar refractivity (Wildman–Crippen MR) is 79.6 cm³/mol. The third-order valence-electron chi connectivity index (χ3n) is 3.40. The molecule has 0 rings (SSSR count). The van der Waals surface area contributed by atoms with Gasteiger partial charge in [0, 0.05) is 12.5 Å². The molecule has 0 saturated carbocycles. The van der Waals surface area contributed by atoms with Crippen LogP contribution in [0.3, 0.4) is 0 Å². The van der Waals surface area contributed by atoms with Crippen molar-refractivity contribution in [2.75, 3.05) is 0 Å². The van der Waals surface area contributed by atoms with Crippen molar-refractivity contribution in [3.63, 3.8) is 0 Å². The summed E-state index contributed by atoms with van der Waals surface area (Å²) < 4.78 is 0. The van der Waals surface area contributed by atoms with E-state index < -0.39 is 0 Å². The Labute approximate surface area is 113 Å². The zero-order valence-corrected chi connectivity index (χ0v) is 12.5. The van der Waals surface area contributed by atoms with Crippen LogP contribution in [0.2, 0.25) is 0 Å². The van der Waals surface area contributed by atoms with Gasteiger partial charge in [-0.1, -0.05) is 59.0 Å². The Bertz CT molecular complexity index is 225. The highest BCUT2D eigenvalue weighted by Crippen LogP contribution is 2.12. The van der Waals surface area contributed by atoms with Crippen molar-refractivity contribution < 1.29 is 4.79 Å². The average Bonchev–Trinajstić information content (AvgIpc) is 2.35. The molecule has 0 aromatic carbocycles. The van der Waals surface area contributed by atoms with Gasteiger partial charge < -0.3 is 5.32 Å². The van der Waals surface area contributed by atoms with E-state index in [9.17, 15) is 4.79 Å². The summed E-state index contributed by atoms with van der Waals surface area (Å²) in [5.41, 5.74) is 0. The zero-order chi connectivity index (χ0) is 13.8. The second-order valence-corrected chi connectivity index (χ2v) is 5.34. The van der Waals surface area contributed by atoms with Gasteiger partial charge in [0.2, 0.25) is 5.91 Å². The minimum atomic E-state index is 0.158. The van der Waals surface area contributed by atoms with Crippen LogP contribution in [-0.2, 0) is 4.79 Å². The van der Waals surface area contributed by atoms with Crippen LogP contribution in [0.15, 0.2) is 12.7 Å². The molecule has 2 atom stereocenters. The first-order chi connectivity index (χ1) is 8.63. The van der Waals surface area contributed by atoms with E-state index >= 15 is 0 Å². The number of hydrogen-bond acceptors (Lipinski definition) is 1. The van der Waals surface area contributed by atoms with E-state index in [1.807, 2.05) is 6.08 Å². The monoisotopic (exact) mass is 253 g/mol. The lowest BCUT2D eigenvalue weighted by atomic mass is 10.00. The summed E-state index contributed by atoms with van der Waals surface area (Å²) in [6.45, 7) is 10.4. The summed E-state index contributed by atoms with van der Waals surface area (Å²) in [5.74, 6) is 0.836. The minimum absolute atomic E-state index is 0.158.